The van der Waals surface area contributed by atoms with Crippen molar-refractivity contribution in [1.29, 1.82) is 0 Å². The van der Waals surface area contributed by atoms with Crippen molar-refractivity contribution in [2.45, 2.75) is 13.1 Å². The van der Waals surface area contributed by atoms with Crippen molar-refractivity contribution in [2.24, 2.45) is 0 Å². The van der Waals surface area contributed by atoms with Gasteiger partial charge in [0, 0.05) is 62.8 Å². The highest BCUT2D eigenvalue weighted by Gasteiger charge is 2.19. The van der Waals surface area contributed by atoms with E-state index in [0.717, 1.165) is 61.7 Å². The average Bonchev–Trinajstić information content (AvgIpc) is 3.26. The molecule has 5 rings (SSSR count). The summed E-state index contributed by atoms with van der Waals surface area (Å²) in [6, 6.07) is 18.7. The molecule has 1 aromatic carbocycles. The fraction of sp³-hybridized carbons (Fsp3) is 0.273. The summed E-state index contributed by atoms with van der Waals surface area (Å²) >= 11 is 0. The maximum absolute atomic E-state index is 4.45. The van der Waals surface area contributed by atoms with Crippen LogP contribution in [-0.4, -0.2) is 61.0 Å². The molecule has 0 N–H and O–H groups in total. The zero-order valence-corrected chi connectivity index (χ0v) is 16.2. The van der Waals surface area contributed by atoms with Crippen LogP contribution >= 0.6 is 0 Å². The van der Waals surface area contributed by atoms with Gasteiger partial charge in [0.15, 0.2) is 5.65 Å². The van der Waals surface area contributed by atoms with Crippen LogP contribution in [0.3, 0.4) is 0 Å². The van der Waals surface area contributed by atoms with Crippen molar-refractivity contribution in [3.05, 3.63) is 78.2 Å². The smallest absolute Gasteiger partial charge is 0.183 e. The van der Waals surface area contributed by atoms with E-state index in [2.05, 4.69) is 72.8 Å². The summed E-state index contributed by atoms with van der Waals surface area (Å²) in [5, 5.41) is 12.3. The standard InChI is InChI=1S/C22H23N7/c1-2-6-18(7-3-1)19-14-20(22-24-25-26-29(22)16-19)15-27-10-12-28(13-11-27)17-21-8-4-5-9-23-21/h1-9,14,16H,10-13,15,17H2. The number of tetrazole rings is 1. The molecular formula is C22H23N7. The Balaban J connectivity index is 1.30. The van der Waals surface area contributed by atoms with Gasteiger partial charge in [0.25, 0.3) is 0 Å². The molecule has 0 spiro atoms. The lowest BCUT2D eigenvalue weighted by atomic mass is 10.1. The molecule has 0 bridgehead atoms. The molecular weight excluding hydrogens is 362 g/mol. The highest BCUT2D eigenvalue weighted by atomic mass is 15.5. The highest BCUT2D eigenvalue weighted by Crippen LogP contribution is 2.23. The molecule has 0 amide bonds. The van der Waals surface area contributed by atoms with Gasteiger partial charge in [-0.3, -0.25) is 14.8 Å². The van der Waals surface area contributed by atoms with Gasteiger partial charge in [-0.1, -0.05) is 36.4 Å². The molecule has 1 fully saturated rings. The Labute approximate surface area is 169 Å². The van der Waals surface area contributed by atoms with E-state index in [4.69, 9.17) is 0 Å². The van der Waals surface area contributed by atoms with Crippen LogP contribution in [0, 0.1) is 0 Å². The minimum absolute atomic E-state index is 0.834. The molecule has 4 aromatic rings. The first-order valence-electron chi connectivity index (χ1n) is 9.96. The summed E-state index contributed by atoms with van der Waals surface area (Å²) in [6.45, 7) is 5.89. The minimum atomic E-state index is 0.834. The van der Waals surface area contributed by atoms with E-state index < -0.39 is 0 Å². The largest absolute Gasteiger partial charge is 0.296 e. The number of nitrogens with zero attached hydrogens (tertiary/aromatic N) is 7. The third-order valence-corrected chi connectivity index (χ3v) is 5.45. The first kappa shape index (κ1) is 17.9. The number of pyridine rings is 2. The van der Waals surface area contributed by atoms with Crippen LogP contribution in [0.5, 0.6) is 0 Å². The number of hydrogen-bond donors (Lipinski definition) is 0. The number of hydrogen-bond acceptors (Lipinski definition) is 6. The summed E-state index contributed by atoms with van der Waals surface area (Å²) in [6.07, 6.45) is 3.86. The number of fused-ring (bicyclic) bond motifs is 1. The van der Waals surface area contributed by atoms with Gasteiger partial charge >= 0.3 is 0 Å². The van der Waals surface area contributed by atoms with Crippen LogP contribution < -0.4 is 0 Å². The molecule has 1 aliphatic heterocycles. The average molecular weight is 385 g/mol. The van der Waals surface area contributed by atoms with Gasteiger partial charge < -0.3 is 0 Å². The van der Waals surface area contributed by atoms with Crippen molar-refractivity contribution in [3.8, 4) is 11.1 Å². The van der Waals surface area contributed by atoms with Crippen LogP contribution in [-0.2, 0) is 13.1 Å². The topological polar surface area (TPSA) is 62.5 Å². The van der Waals surface area contributed by atoms with Gasteiger partial charge in [-0.05, 0) is 34.2 Å². The summed E-state index contributed by atoms with van der Waals surface area (Å²) in [4.78, 5) is 9.39. The van der Waals surface area contributed by atoms with E-state index in [9.17, 15) is 0 Å². The zero-order chi connectivity index (χ0) is 19.5. The number of benzene rings is 1. The Morgan fingerprint density at radius 1 is 0.793 bits per heavy atom. The molecule has 0 radical (unpaired) electrons. The van der Waals surface area contributed by atoms with E-state index in [1.54, 1.807) is 4.52 Å². The van der Waals surface area contributed by atoms with Crippen LogP contribution in [0.4, 0.5) is 0 Å². The van der Waals surface area contributed by atoms with Crippen molar-refractivity contribution in [3.63, 3.8) is 0 Å². The first-order chi connectivity index (χ1) is 14.3. The van der Waals surface area contributed by atoms with Crippen molar-refractivity contribution >= 4 is 5.65 Å². The first-order valence-corrected chi connectivity index (χ1v) is 9.96. The molecule has 7 heteroatoms. The number of rotatable bonds is 5. The Bertz CT molecular complexity index is 1070. The van der Waals surface area contributed by atoms with Crippen LogP contribution in [0.15, 0.2) is 67.0 Å². The Kier molecular flexibility index (Phi) is 4.98. The second-order valence-electron chi connectivity index (χ2n) is 7.44. The molecule has 0 aliphatic carbocycles. The van der Waals surface area contributed by atoms with Crippen LogP contribution in [0.1, 0.15) is 11.3 Å². The molecule has 0 atom stereocenters. The Morgan fingerprint density at radius 2 is 1.55 bits per heavy atom. The maximum atomic E-state index is 4.45. The van der Waals surface area contributed by atoms with E-state index in [-0.39, 0.29) is 0 Å². The van der Waals surface area contributed by atoms with E-state index in [1.165, 1.54) is 5.56 Å². The number of piperazine rings is 1. The lowest BCUT2D eigenvalue weighted by Gasteiger charge is -2.34. The minimum Gasteiger partial charge on any atom is -0.296 e. The molecule has 1 saturated heterocycles. The van der Waals surface area contributed by atoms with Crippen LogP contribution in [0.2, 0.25) is 0 Å². The van der Waals surface area contributed by atoms with Crippen molar-refractivity contribution in [2.75, 3.05) is 26.2 Å². The van der Waals surface area contributed by atoms with Gasteiger partial charge in [0.2, 0.25) is 0 Å². The van der Waals surface area contributed by atoms with E-state index in [0.29, 0.717) is 0 Å². The molecule has 1 aliphatic rings. The molecule has 3 aromatic heterocycles. The van der Waals surface area contributed by atoms with Gasteiger partial charge in [0.1, 0.15) is 0 Å². The third kappa shape index (κ3) is 4.01. The Morgan fingerprint density at radius 3 is 2.31 bits per heavy atom. The maximum Gasteiger partial charge on any atom is 0.183 e. The molecule has 29 heavy (non-hydrogen) atoms. The van der Waals surface area contributed by atoms with E-state index in [1.807, 2.05) is 24.5 Å². The predicted molar refractivity (Wildman–Crippen MR) is 111 cm³/mol. The second-order valence-corrected chi connectivity index (χ2v) is 7.44. The summed E-state index contributed by atoms with van der Waals surface area (Å²) in [5.74, 6) is 0. The van der Waals surface area contributed by atoms with Crippen LogP contribution in [0.25, 0.3) is 16.8 Å². The molecule has 0 saturated carbocycles. The zero-order valence-electron chi connectivity index (χ0n) is 16.2. The fourth-order valence-electron chi connectivity index (χ4n) is 3.89. The van der Waals surface area contributed by atoms with Crippen molar-refractivity contribution < 1.29 is 0 Å². The monoisotopic (exact) mass is 385 g/mol. The SMILES string of the molecule is c1ccc(-c2cc(CN3CCN(Cc4ccccn4)CC3)c3nnnn3c2)cc1. The second kappa shape index (κ2) is 8.06. The highest BCUT2D eigenvalue weighted by molar-refractivity contribution is 5.66. The lowest BCUT2D eigenvalue weighted by molar-refractivity contribution is 0.121. The lowest BCUT2D eigenvalue weighted by Crippen LogP contribution is -2.45. The molecule has 7 nitrogen and oxygen atoms in total. The third-order valence-electron chi connectivity index (χ3n) is 5.45. The van der Waals surface area contributed by atoms with Gasteiger partial charge in [-0.25, -0.2) is 0 Å². The molecule has 146 valence electrons. The summed E-state index contributed by atoms with van der Waals surface area (Å²) in [7, 11) is 0. The van der Waals surface area contributed by atoms with Crippen molar-refractivity contribution in [1.82, 2.24) is 34.8 Å². The Hall–Kier alpha value is -3.16. The normalized spacial score (nSPS) is 15.7. The number of aromatic nitrogens is 5. The fourth-order valence-corrected chi connectivity index (χ4v) is 3.89. The quantitative estimate of drug-likeness (QED) is 0.526. The van der Waals surface area contributed by atoms with Gasteiger partial charge in [0.05, 0.1) is 5.69 Å². The van der Waals surface area contributed by atoms with Gasteiger partial charge in [-0.2, -0.15) is 4.52 Å². The molecule has 0 unspecified atom stereocenters. The summed E-state index contributed by atoms with van der Waals surface area (Å²) in [5.41, 5.74) is 5.43. The molecule has 4 heterocycles. The van der Waals surface area contributed by atoms with E-state index >= 15 is 0 Å². The predicted octanol–water partition coefficient (Wildman–Crippen LogP) is 2.50. The van der Waals surface area contributed by atoms with Gasteiger partial charge in [-0.15, -0.1) is 5.10 Å². The summed E-state index contributed by atoms with van der Waals surface area (Å²) < 4.78 is 1.79.